The number of guanidine groups is 1. The summed E-state index contributed by atoms with van der Waals surface area (Å²) in [5.41, 5.74) is 8.62. The fourth-order valence-corrected chi connectivity index (χ4v) is 2.39. The Kier molecular flexibility index (Phi) is 5.10. The molecule has 1 aliphatic heterocycles. The van der Waals surface area contributed by atoms with Gasteiger partial charge in [-0.2, -0.15) is 0 Å². The molecule has 0 saturated carbocycles. The fraction of sp³-hybridized carbons (Fsp3) is 0.353. The van der Waals surface area contributed by atoms with Crippen molar-refractivity contribution in [2.24, 2.45) is 10.7 Å². The molecule has 2 aromatic rings. The lowest BCUT2D eigenvalue weighted by atomic mass is 10.2. The van der Waals surface area contributed by atoms with Crippen molar-refractivity contribution >= 4 is 11.6 Å². The molecule has 3 rings (SSSR count). The minimum Gasteiger partial charge on any atom is -0.490 e. The monoisotopic (exact) mass is 327 g/mol. The number of rotatable bonds is 4. The first-order valence-electron chi connectivity index (χ1n) is 7.95. The highest BCUT2D eigenvalue weighted by molar-refractivity contribution is 5.92. The standard InChI is InChI=1S/C17H21N5O2/c1-12-14(20-8-7-19-12)5-6-21-17(18)22-13-3-4-15-16(11-13)24-10-2-9-23-15/h3-4,7-8,11H,2,5-6,9-10H2,1H3,(H3,18,21,22). The molecule has 1 aromatic carbocycles. The Labute approximate surface area is 140 Å². The highest BCUT2D eigenvalue weighted by Crippen LogP contribution is 2.32. The lowest BCUT2D eigenvalue weighted by Crippen LogP contribution is -2.23. The number of aryl methyl sites for hydroxylation is 1. The molecular formula is C17H21N5O2. The third-order valence-corrected chi connectivity index (χ3v) is 3.63. The van der Waals surface area contributed by atoms with Gasteiger partial charge in [-0.3, -0.25) is 15.0 Å². The third-order valence-electron chi connectivity index (χ3n) is 3.63. The Morgan fingerprint density at radius 1 is 1.21 bits per heavy atom. The van der Waals surface area contributed by atoms with E-state index >= 15 is 0 Å². The molecule has 3 N–H and O–H groups in total. The summed E-state index contributed by atoms with van der Waals surface area (Å²) in [6.45, 7) is 3.80. The fourth-order valence-electron chi connectivity index (χ4n) is 2.39. The summed E-state index contributed by atoms with van der Waals surface area (Å²) in [4.78, 5) is 12.8. The number of anilines is 1. The van der Waals surface area contributed by atoms with Crippen molar-refractivity contribution in [3.63, 3.8) is 0 Å². The summed E-state index contributed by atoms with van der Waals surface area (Å²) in [6.07, 6.45) is 4.94. The van der Waals surface area contributed by atoms with Crippen molar-refractivity contribution in [1.82, 2.24) is 9.97 Å². The summed E-state index contributed by atoms with van der Waals surface area (Å²) in [5, 5.41) is 3.07. The maximum Gasteiger partial charge on any atom is 0.193 e. The number of benzene rings is 1. The second-order valence-corrected chi connectivity index (χ2v) is 5.44. The van der Waals surface area contributed by atoms with Gasteiger partial charge in [0, 0.05) is 43.5 Å². The van der Waals surface area contributed by atoms with Gasteiger partial charge in [0.05, 0.1) is 24.6 Å². The van der Waals surface area contributed by atoms with Crippen molar-refractivity contribution in [3.8, 4) is 11.5 Å². The Morgan fingerprint density at radius 3 is 2.83 bits per heavy atom. The zero-order valence-corrected chi connectivity index (χ0v) is 13.7. The number of fused-ring (bicyclic) bond motifs is 1. The number of aliphatic imine (C=N–C) groups is 1. The van der Waals surface area contributed by atoms with Crippen LogP contribution in [0, 0.1) is 6.92 Å². The van der Waals surface area contributed by atoms with E-state index in [1.165, 1.54) is 0 Å². The van der Waals surface area contributed by atoms with Crippen molar-refractivity contribution < 1.29 is 9.47 Å². The summed E-state index contributed by atoms with van der Waals surface area (Å²) in [7, 11) is 0. The van der Waals surface area contributed by atoms with Crippen molar-refractivity contribution in [3.05, 3.63) is 42.0 Å². The number of nitrogens with two attached hydrogens (primary N) is 1. The number of nitrogens with one attached hydrogen (secondary N) is 1. The van der Waals surface area contributed by atoms with E-state index < -0.39 is 0 Å². The summed E-state index contributed by atoms with van der Waals surface area (Å²) < 4.78 is 11.3. The number of aromatic nitrogens is 2. The molecule has 2 heterocycles. The normalized spacial score (nSPS) is 14.1. The van der Waals surface area contributed by atoms with Crippen LogP contribution >= 0.6 is 0 Å². The molecule has 0 spiro atoms. The van der Waals surface area contributed by atoms with E-state index in [0.29, 0.717) is 32.1 Å². The zero-order chi connectivity index (χ0) is 16.8. The number of ether oxygens (including phenoxy) is 2. The van der Waals surface area contributed by atoms with Crippen LogP contribution in [0.1, 0.15) is 17.8 Å². The predicted molar refractivity (Wildman–Crippen MR) is 92.6 cm³/mol. The molecule has 0 bridgehead atoms. The first-order valence-corrected chi connectivity index (χ1v) is 7.95. The quantitative estimate of drug-likeness (QED) is 0.658. The summed E-state index contributed by atoms with van der Waals surface area (Å²) in [5.74, 6) is 1.83. The molecule has 0 saturated heterocycles. The van der Waals surface area contributed by atoms with E-state index in [1.807, 2.05) is 25.1 Å². The average molecular weight is 327 g/mol. The maximum absolute atomic E-state index is 5.95. The van der Waals surface area contributed by atoms with E-state index in [0.717, 1.165) is 35.0 Å². The molecular weight excluding hydrogens is 306 g/mol. The first-order chi connectivity index (χ1) is 11.7. The highest BCUT2D eigenvalue weighted by atomic mass is 16.5. The van der Waals surface area contributed by atoms with Crippen molar-refractivity contribution in [2.75, 3.05) is 25.1 Å². The molecule has 0 fully saturated rings. The Bertz CT molecular complexity index is 733. The molecule has 7 heteroatoms. The molecule has 0 aliphatic carbocycles. The Hall–Kier alpha value is -2.83. The largest absolute Gasteiger partial charge is 0.490 e. The minimum absolute atomic E-state index is 0.353. The van der Waals surface area contributed by atoms with Crippen LogP contribution in [0.5, 0.6) is 11.5 Å². The molecule has 0 atom stereocenters. The van der Waals surface area contributed by atoms with Gasteiger partial charge in [0.2, 0.25) is 0 Å². The minimum atomic E-state index is 0.353. The van der Waals surface area contributed by atoms with Crippen LogP contribution in [0.4, 0.5) is 5.69 Å². The van der Waals surface area contributed by atoms with E-state index in [-0.39, 0.29) is 0 Å². The smallest absolute Gasteiger partial charge is 0.193 e. The molecule has 126 valence electrons. The van der Waals surface area contributed by atoms with Crippen LogP contribution in [0.2, 0.25) is 0 Å². The topological polar surface area (TPSA) is 94.7 Å². The number of hydrogen-bond donors (Lipinski definition) is 2. The van der Waals surface area contributed by atoms with Gasteiger partial charge in [-0.15, -0.1) is 0 Å². The zero-order valence-electron chi connectivity index (χ0n) is 13.7. The lowest BCUT2D eigenvalue weighted by molar-refractivity contribution is 0.297. The molecule has 24 heavy (non-hydrogen) atoms. The number of hydrogen-bond acceptors (Lipinski definition) is 5. The molecule has 1 aliphatic rings. The van der Waals surface area contributed by atoms with Crippen LogP contribution < -0.4 is 20.5 Å². The van der Waals surface area contributed by atoms with E-state index in [1.54, 1.807) is 12.4 Å². The highest BCUT2D eigenvalue weighted by Gasteiger charge is 2.10. The summed E-state index contributed by atoms with van der Waals surface area (Å²) in [6, 6.07) is 5.64. The second-order valence-electron chi connectivity index (χ2n) is 5.44. The molecule has 0 unspecified atom stereocenters. The second kappa shape index (κ2) is 7.63. The average Bonchev–Trinajstić information content (AvgIpc) is 2.81. The molecule has 0 amide bonds. The third kappa shape index (κ3) is 4.13. The van der Waals surface area contributed by atoms with Gasteiger partial charge in [-0.05, 0) is 19.1 Å². The molecule has 7 nitrogen and oxygen atoms in total. The van der Waals surface area contributed by atoms with E-state index in [4.69, 9.17) is 15.2 Å². The molecule has 0 radical (unpaired) electrons. The van der Waals surface area contributed by atoms with Gasteiger partial charge in [0.15, 0.2) is 17.5 Å². The summed E-state index contributed by atoms with van der Waals surface area (Å²) >= 11 is 0. The van der Waals surface area contributed by atoms with Crippen LogP contribution in [0.3, 0.4) is 0 Å². The lowest BCUT2D eigenvalue weighted by Gasteiger charge is -2.10. The Balaban J connectivity index is 1.59. The van der Waals surface area contributed by atoms with Crippen LogP contribution in [-0.4, -0.2) is 35.7 Å². The van der Waals surface area contributed by atoms with E-state index in [2.05, 4.69) is 20.3 Å². The predicted octanol–water partition coefficient (Wildman–Crippen LogP) is 1.92. The van der Waals surface area contributed by atoms with E-state index in [9.17, 15) is 0 Å². The van der Waals surface area contributed by atoms with Gasteiger partial charge in [0.1, 0.15) is 0 Å². The van der Waals surface area contributed by atoms with Crippen molar-refractivity contribution in [2.45, 2.75) is 19.8 Å². The van der Waals surface area contributed by atoms with Gasteiger partial charge in [-0.1, -0.05) is 0 Å². The Morgan fingerprint density at radius 2 is 2.00 bits per heavy atom. The van der Waals surface area contributed by atoms with Gasteiger partial charge >= 0.3 is 0 Å². The molecule has 1 aromatic heterocycles. The van der Waals surface area contributed by atoms with Gasteiger partial charge in [0.25, 0.3) is 0 Å². The van der Waals surface area contributed by atoms with Crippen LogP contribution in [0.25, 0.3) is 0 Å². The van der Waals surface area contributed by atoms with Crippen LogP contribution in [0.15, 0.2) is 35.6 Å². The van der Waals surface area contributed by atoms with Crippen molar-refractivity contribution in [1.29, 1.82) is 0 Å². The SMILES string of the molecule is Cc1nccnc1CCN=C(N)Nc1ccc2c(c1)OCCCO2. The number of nitrogens with zero attached hydrogens (tertiary/aromatic N) is 3. The van der Waals surface area contributed by atoms with Crippen LogP contribution in [-0.2, 0) is 6.42 Å². The first kappa shape index (κ1) is 16.0. The van der Waals surface area contributed by atoms with Gasteiger partial charge in [-0.25, -0.2) is 0 Å². The maximum atomic E-state index is 5.95. The van der Waals surface area contributed by atoms with Gasteiger partial charge < -0.3 is 20.5 Å².